The first-order valence-electron chi connectivity index (χ1n) is 7.53. The topological polar surface area (TPSA) is 50.8 Å². The van der Waals surface area contributed by atoms with Gasteiger partial charge in [0.2, 0.25) is 0 Å². The summed E-state index contributed by atoms with van der Waals surface area (Å²) in [6.45, 7) is 10.4. The molecule has 0 aromatic heterocycles. The van der Waals surface area contributed by atoms with E-state index in [9.17, 15) is 4.79 Å². The van der Waals surface area contributed by atoms with Crippen LogP contribution in [0.3, 0.4) is 0 Å². The summed E-state index contributed by atoms with van der Waals surface area (Å²) in [5.74, 6) is 0.823. The van der Waals surface area contributed by atoms with Crippen LogP contribution in [0.5, 0.6) is 0 Å². The minimum atomic E-state index is -0.461. The van der Waals surface area contributed by atoms with Gasteiger partial charge in [0, 0.05) is 32.8 Å². The quantitative estimate of drug-likeness (QED) is 0.743. The Hall–Kier alpha value is -0.810. The molecule has 118 valence electrons. The number of nitrogens with zero attached hydrogens (tertiary/aromatic N) is 1. The molecule has 0 saturated heterocycles. The maximum atomic E-state index is 12.1. The summed E-state index contributed by atoms with van der Waals surface area (Å²) in [5, 5.41) is 3.48. The van der Waals surface area contributed by atoms with Crippen LogP contribution in [0.15, 0.2) is 0 Å². The third-order valence-corrected chi connectivity index (χ3v) is 3.39. The summed E-state index contributed by atoms with van der Waals surface area (Å²) < 4.78 is 10.5. The van der Waals surface area contributed by atoms with Crippen molar-refractivity contribution in [3.8, 4) is 0 Å². The second kappa shape index (κ2) is 7.84. The van der Waals surface area contributed by atoms with Gasteiger partial charge in [0.1, 0.15) is 5.60 Å². The van der Waals surface area contributed by atoms with Gasteiger partial charge in [0.25, 0.3) is 0 Å². The van der Waals surface area contributed by atoms with E-state index >= 15 is 0 Å². The summed E-state index contributed by atoms with van der Waals surface area (Å²) in [6.07, 6.45) is 2.39. The lowest BCUT2D eigenvalue weighted by molar-refractivity contribution is 0.0203. The molecule has 1 saturated carbocycles. The molecule has 5 heteroatoms. The second-order valence-corrected chi connectivity index (χ2v) is 6.54. The number of carbonyl (C=O) groups is 1. The standard InChI is InChI=1S/C15H30N2O3/c1-12(13-6-7-13)16-8-9-17(10-11-19-5)14(18)20-15(2,3)4/h12-13,16H,6-11H2,1-5H3. The van der Waals surface area contributed by atoms with Crippen LogP contribution in [0.25, 0.3) is 0 Å². The predicted octanol–water partition coefficient (Wildman–Crippen LogP) is 2.26. The molecule has 1 aliphatic rings. The molecule has 20 heavy (non-hydrogen) atoms. The fraction of sp³-hybridized carbons (Fsp3) is 0.933. The Morgan fingerprint density at radius 2 is 2.00 bits per heavy atom. The average Bonchev–Trinajstić information content (AvgIpc) is 3.14. The van der Waals surface area contributed by atoms with E-state index in [-0.39, 0.29) is 6.09 Å². The molecule has 1 atom stereocenters. The monoisotopic (exact) mass is 286 g/mol. The molecule has 0 aliphatic heterocycles. The van der Waals surface area contributed by atoms with E-state index in [4.69, 9.17) is 9.47 Å². The van der Waals surface area contributed by atoms with Gasteiger partial charge in [-0.25, -0.2) is 4.79 Å². The zero-order valence-electron chi connectivity index (χ0n) is 13.6. The third kappa shape index (κ3) is 7.10. The first-order chi connectivity index (χ1) is 9.33. The molecular weight excluding hydrogens is 256 g/mol. The van der Waals surface area contributed by atoms with Gasteiger partial charge in [-0.3, -0.25) is 0 Å². The number of methoxy groups -OCH3 is 1. The van der Waals surface area contributed by atoms with Crippen LogP contribution in [-0.4, -0.2) is 56.0 Å². The van der Waals surface area contributed by atoms with Gasteiger partial charge in [-0.05, 0) is 46.5 Å². The van der Waals surface area contributed by atoms with Crippen LogP contribution in [-0.2, 0) is 9.47 Å². The van der Waals surface area contributed by atoms with Crippen LogP contribution in [0, 0.1) is 5.92 Å². The van der Waals surface area contributed by atoms with Gasteiger partial charge in [0.05, 0.1) is 6.61 Å². The molecule has 1 unspecified atom stereocenters. The van der Waals surface area contributed by atoms with Crippen molar-refractivity contribution in [2.45, 2.75) is 52.2 Å². The van der Waals surface area contributed by atoms with Gasteiger partial charge in [-0.2, -0.15) is 0 Å². The Morgan fingerprint density at radius 3 is 2.50 bits per heavy atom. The molecule has 1 aliphatic carbocycles. The highest BCUT2D eigenvalue weighted by molar-refractivity contribution is 5.68. The van der Waals surface area contributed by atoms with Gasteiger partial charge in [0.15, 0.2) is 0 Å². The fourth-order valence-electron chi connectivity index (χ4n) is 2.01. The van der Waals surface area contributed by atoms with Gasteiger partial charge in [-0.1, -0.05) is 0 Å². The van der Waals surface area contributed by atoms with Crippen LogP contribution >= 0.6 is 0 Å². The van der Waals surface area contributed by atoms with Crippen molar-refractivity contribution >= 4 is 6.09 Å². The van der Waals surface area contributed by atoms with Gasteiger partial charge < -0.3 is 19.7 Å². The van der Waals surface area contributed by atoms with Crippen molar-refractivity contribution in [3.63, 3.8) is 0 Å². The van der Waals surface area contributed by atoms with Crippen molar-refractivity contribution in [3.05, 3.63) is 0 Å². The van der Waals surface area contributed by atoms with Crippen LogP contribution in [0.2, 0.25) is 0 Å². The number of carbonyl (C=O) groups excluding carboxylic acids is 1. The van der Waals surface area contributed by atoms with E-state index in [1.54, 1.807) is 12.0 Å². The van der Waals surface area contributed by atoms with E-state index in [2.05, 4.69) is 12.2 Å². The number of nitrogens with one attached hydrogen (secondary N) is 1. The largest absolute Gasteiger partial charge is 0.444 e. The Bertz CT molecular complexity index is 298. The first kappa shape index (κ1) is 17.2. The minimum Gasteiger partial charge on any atom is -0.444 e. The fourth-order valence-corrected chi connectivity index (χ4v) is 2.01. The zero-order chi connectivity index (χ0) is 15.2. The van der Waals surface area contributed by atoms with Crippen molar-refractivity contribution in [2.75, 3.05) is 33.4 Å². The summed E-state index contributed by atoms with van der Waals surface area (Å²) in [6, 6.07) is 0.540. The maximum Gasteiger partial charge on any atom is 0.410 e. The third-order valence-electron chi connectivity index (χ3n) is 3.39. The molecule has 0 bridgehead atoms. The van der Waals surface area contributed by atoms with Crippen LogP contribution in [0.4, 0.5) is 4.79 Å². The van der Waals surface area contributed by atoms with Crippen LogP contribution in [0.1, 0.15) is 40.5 Å². The lowest BCUT2D eigenvalue weighted by Gasteiger charge is -2.27. The highest BCUT2D eigenvalue weighted by Crippen LogP contribution is 2.32. The van der Waals surface area contributed by atoms with Gasteiger partial charge in [-0.15, -0.1) is 0 Å². The minimum absolute atomic E-state index is 0.268. The SMILES string of the molecule is COCCN(CCNC(C)C1CC1)C(=O)OC(C)(C)C. The average molecular weight is 286 g/mol. The van der Waals surface area contributed by atoms with Crippen molar-refractivity contribution in [2.24, 2.45) is 5.92 Å². The van der Waals surface area contributed by atoms with Crippen molar-refractivity contribution in [1.29, 1.82) is 0 Å². The van der Waals surface area contributed by atoms with Crippen molar-refractivity contribution < 1.29 is 14.3 Å². The molecule has 1 amide bonds. The highest BCUT2D eigenvalue weighted by atomic mass is 16.6. The van der Waals surface area contributed by atoms with Crippen LogP contribution < -0.4 is 5.32 Å². The lowest BCUT2D eigenvalue weighted by Crippen LogP contribution is -2.43. The smallest absolute Gasteiger partial charge is 0.410 e. The van der Waals surface area contributed by atoms with E-state index in [0.29, 0.717) is 25.7 Å². The molecule has 0 spiro atoms. The molecule has 0 heterocycles. The highest BCUT2D eigenvalue weighted by Gasteiger charge is 2.27. The molecular formula is C15H30N2O3. The lowest BCUT2D eigenvalue weighted by atomic mass is 10.2. The Morgan fingerprint density at radius 1 is 1.35 bits per heavy atom. The zero-order valence-corrected chi connectivity index (χ0v) is 13.6. The second-order valence-electron chi connectivity index (χ2n) is 6.54. The van der Waals surface area contributed by atoms with Gasteiger partial charge >= 0.3 is 6.09 Å². The molecule has 0 aromatic carbocycles. The Balaban J connectivity index is 2.35. The Kier molecular flexibility index (Phi) is 6.76. The summed E-state index contributed by atoms with van der Waals surface area (Å²) in [7, 11) is 1.64. The summed E-state index contributed by atoms with van der Waals surface area (Å²) in [4.78, 5) is 13.8. The van der Waals surface area contributed by atoms with Crippen molar-refractivity contribution in [1.82, 2.24) is 10.2 Å². The molecule has 5 nitrogen and oxygen atoms in total. The summed E-state index contributed by atoms with van der Waals surface area (Å²) in [5.41, 5.74) is -0.461. The number of amides is 1. The Labute approximate surface area is 123 Å². The van der Waals surface area contributed by atoms with E-state index < -0.39 is 5.60 Å². The molecule has 1 rings (SSSR count). The number of hydrogen-bond acceptors (Lipinski definition) is 4. The maximum absolute atomic E-state index is 12.1. The first-order valence-corrected chi connectivity index (χ1v) is 7.53. The number of hydrogen-bond donors (Lipinski definition) is 1. The van der Waals surface area contributed by atoms with E-state index in [0.717, 1.165) is 12.5 Å². The molecule has 1 fully saturated rings. The molecule has 1 N–H and O–H groups in total. The molecule has 0 radical (unpaired) electrons. The van der Waals surface area contributed by atoms with E-state index in [1.807, 2.05) is 20.8 Å². The normalized spacial score (nSPS) is 16.9. The predicted molar refractivity (Wildman–Crippen MR) is 79.9 cm³/mol. The molecule has 0 aromatic rings. The number of ether oxygens (including phenoxy) is 2. The number of rotatable bonds is 8. The van der Waals surface area contributed by atoms with E-state index in [1.165, 1.54) is 12.8 Å². The summed E-state index contributed by atoms with van der Waals surface area (Å²) >= 11 is 0.